The van der Waals surface area contributed by atoms with Gasteiger partial charge in [-0.15, -0.1) is 0 Å². The Bertz CT molecular complexity index is 480. The highest BCUT2D eigenvalue weighted by Crippen LogP contribution is 2.37. The van der Waals surface area contributed by atoms with E-state index in [4.69, 9.17) is 14.6 Å². The number of para-hydroxylation sites is 1. The van der Waals surface area contributed by atoms with Gasteiger partial charge < -0.3 is 19.5 Å². The molecule has 7 heteroatoms. The van der Waals surface area contributed by atoms with E-state index in [0.29, 0.717) is 32.0 Å². The van der Waals surface area contributed by atoms with Crippen LogP contribution in [0.2, 0.25) is 0 Å². The molecule has 1 saturated heterocycles. The fourth-order valence-corrected chi connectivity index (χ4v) is 2.27. The van der Waals surface area contributed by atoms with Gasteiger partial charge in [0.25, 0.3) is 0 Å². The van der Waals surface area contributed by atoms with Crippen LogP contribution in [0.15, 0.2) is 18.2 Å². The first-order chi connectivity index (χ1) is 9.67. The van der Waals surface area contributed by atoms with Crippen molar-refractivity contribution in [3.63, 3.8) is 0 Å². The topological polar surface area (TPSA) is 85.1 Å². The Morgan fingerprint density at radius 3 is 3.05 bits per heavy atom. The zero-order valence-corrected chi connectivity index (χ0v) is 11.3. The van der Waals surface area contributed by atoms with Gasteiger partial charge in [-0.2, -0.15) is 0 Å². The second kappa shape index (κ2) is 6.53. The summed E-state index contributed by atoms with van der Waals surface area (Å²) in [5.74, 6) is 0.266. The maximum absolute atomic E-state index is 11.3. The van der Waals surface area contributed by atoms with E-state index in [1.165, 1.54) is 0 Å². The summed E-state index contributed by atoms with van der Waals surface area (Å²) in [5.41, 5.74) is 0.468. The van der Waals surface area contributed by atoms with Gasteiger partial charge in [0.2, 0.25) is 0 Å². The monoisotopic (exact) mass is 282 g/mol. The Labute approximate surface area is 116 Å². The van der Waals surface area contributed by atoms with Gasteiger partial charge >= 0.3 is 5.69 Å². The van der Waals surface area contributed by atoms with Crippen molar-refractivity contribution in [2.24, 2.45) is 0 Å². The normalized spacial score (nSPS) is 18.9. The number of ether oxygens (including phenoxy) is 2. The summed E-state index contributed by atoms with van der Waals surface area (Å²) in [6.45, 7) is 3.45. The van der Waals surface area contributed by atoms with Crippen LogP contribution in [0.4, 0.5) is 11.4 Å². The van der Waals surface area contributed by atoms with Gasteiger partial charge in [0.1, 0.15) is 5.69 Å². The summed E-state index contributed by atoms with van der Waals surface area (Å²) in [4.78, 5) is 12.8. The van der Waals surface area contributed by atoms with Crippen molar-refractivity contribution in [2.45, 2.75) is 13.0 Å². The SMILES string of the molecule is CCOc1cccc(N2CCOC(CO)C2)c1[N+](=O)[O-]. The van der Waals surface area contributed by atoms with E-state index >= 15 is 0 Å². The molecule has 0 radical (unpaired) electrons. The van der Waals surface area contributed by atoms with Gasteiger partial charge in [0, 0.05) is 13.1 Å². The number of nitro benzene ring substituents is 1. The lowest BCUT2D eigenvalue weighted by molar-refractivity contribution is -0.385. The first-order valence-corrected chi connectivity index (χ1v) is 6.55. The fraction of sp³-hybridized carbons (Fsp3) is 0.538. The molecule has 0 amide bonds. The fourth-order valence-electron chi connectivity index (χ4n) is 2.27. The summed E-state index contributed by atoms with van der Waals surface area (Å²) in [6, 6.07) is 5.02. The van der Waals surface area contributed by atoms with Crippen molar-refractivity contribution in [1.29, 1.82) is 0 Å². The number of morpholine rings is 1. The van der Waals surface area contributed by atoms with Gasteiger partial charge in [-0.25, -0.2) is 0 Å². The van der Waals surface area contributed by atoms with Crippen LogP contribution in [0.25, 0.3) is 0 Å². The quantitative estimate of drug-likeness (QED) is 0.645. The van der Waals surface area contributed by atoms with E-state index in [2.05, 4.69) is 0 Å². The van der Waals surface area contributed by atoms with Gasteiger partial charge in [-0.1, -0.05) is 6.07 Å². The summed E-state index contributed by atoms with van der Waals surface area (Å²) in [6.07, 6.45) is -0.320. The molecule has 0 spiro atoms. The molecule has 1 aromatic rings. The molecular formula is C13H18N2O5. The van der Waals surface area contributed by atoms with Crippen LogP contribution in [0.5, 0.6) is 5.75 Å². The van der Waals surface area contributed by atoms with Crippen molar-refractivity contribution >= 4 is 11.4 Å². The molecule has 7 nitrogen and oxygen atoms in total. The number of aliphatic hydroxyl groups is 1. The molecule has 0 bridgehead atoms. The van der Waals surface area contributed by atoms with Crippen molar-refractivity contribution in [3.8, 4) is 5.75 Å². The van der Waals surface area contributed by atoms with E-state index in [-0.39, 0.29) is 24.1 Å². The van der Waals surface area contributed by atoms with Crippen LogP contribution < -0.4 is 9.64 Å². The summed E-state index contributed by atoms with van der Waals surface area (Å²) in [5, 5.41) is 20.5. The van der Waals surface area contributed by atoms with E-state index in [0.717, 1.165) is 0 Å². The number of anilines is 1. The highest BCUT2D eigenvalue weighted by atomic mass is 16.6. The minimum Gasteiger partial charge on any atom is -0.487 e. The lowest BCUT2D eigenvalue weighted by Gasteiger charge is -2.33. The number of aliphatic hydroxyl groups excluding tert-OH is 1. The molecule has 1 heterocycles. The summed E-state index contributed by atoms with van der Waals surface area (Å²) in [7, 11) is 0. The van der Waals surface area contributed by atoms with Gasteiger partial charge in [-0.3, -0.25) is 10.1 Å². The van der Waals surface area contributed by atoms with Gasteiger partial charge in [0.15, 0.2) is 5.75 Å². The predicted molar refractivity (Wildman–Crippen MR) is 73.3 cm³/mol. The Morgan fingerprint density at radius 2 is 2.40 bits per heavy atom. The van der Waals surface area contributed by atoms with Crippen molar-refractivity contribution in [1.82, 2.24) is 0 Å². The molecule has 1 atom stereocenters. The lowest BCUT2D eigenvalue weighted by atomic mass is 10.2. The highest BCUT2D eigenvalue weighted by Gasteiger charge is 2.28. The highest BCUT2D eigenvalue weighted by molar-refractivity contribution is 5.70. The average Bonchev–Trinajstić information content (AvgIpc) is 2.47. The third-order valence-corrected chi connectivity index (χ3v) is 3.14. The van der Waals surface area contributed by atoms with Crippen molar-refractivity contribution in [3.05, 3.63) is 28.3 Å². The first-order valence-electron chi connectivity index (χ1n) is 6.55. The van der Waals surface area contributed by atoms with E-state index in [9.17, 15) is 10.1 Å². The molecule has 0 saturated carbocycles. The van der Waals surface area contributed by atoms with Crippen LogP contribution in [-0.2, 0) is 4.74 Å². The zero-order valence-electron chi connectivity index (χ0n) is 11.3. The summed E-state index contributed by atoms with van der Waals surface area (Å²) >= 11 is 0. The molecule has 110 valence electrons. The smallest absolute Gasteiger partial charge is 0.333 e. The minimum atomic E-state index is -0.427. The zero-order chi connectivity index (χ0) is 14.5. The number of nitro groups is 1. The second-order valence-corrected chi connectivity index (χ2v) is 4.44. The van der Waals surface area contributed by atoms with E-state index in [1.807, 2.05) is 4.90 Å². The minimum absolute atomic E-state index is 0.0343. The molecule has 1 aliphatic rings. The number of rotatable bonds is 5. The van der Waals surface area contributed by atoms with Crippen LogP contribution >= 0.6 is 0 Å². The van der Waals surface area contributed by atoms with Crippen LogP contribution in [0.1, 0.15) is 6.92 Å². The largest absolute Gasteiger partial charge is 0.487 e. The number of nitrogens with zero attached hydrogens (tertiary/aromatic N) is 2. The van der Waals surface area contributed by atoms with E-state index < -0.39 is 4.92 Å². The Morgan fingerprint density at radius 1 is 1.60 bits per heavy atom. The Balaban J connectivity index is 2.34. The van der Waals surface area contributed by atoms with Crippen LogP contribution in [0.3, 0.4) is 0 Å². The molecule has 1 fully saturated rings. The molecule has 2 rings (SSSR count). The third-order valence-electron chi connectivity index (χ3n) is 3.14. The van der Waals surface area contributed by atoms with Crippen LogP contribution in [0, 0.1) is 10.1 Å². The molecule has 0 aliphatic carbocycles. The molecule has 1 unspecified atom stereocenters. The Kier molecular flexibility index (Phi) is 4.75. The molecule has 1 N–H and O–H groups in total. The standard InChI is InChI=1S/C13H18N2O5/c1-2-19-12-5-3-4-11(13(12)15(17)18)14-6-7-20-10(8-14)9-16/h3-5,10,16H,2,6-9H2,1H3. The molecule has 1 aliphatic heterocycles. The summed E-state index contributed by atoms with van der Waals surface area (Å²) < 4.78 is 10.7. The third kappa shape index (κ3) is 3.00. The number of hydrogen-bond donors (Lipinski definition) is 1. The predicted octanol–water partition coefficient (Wildman–Crippen LogP) is 1.19. The average molecular weight is 282 g/mol. The van der Waals surface area contributed by atoms with Gasteiger partial charge in [0.05, 0.1) is 30.8 Å². The second-order valence-electron chi connectivity index (χ2n) is 4.44. The lowest BCUT2D eigenvalue weighted by Crippen LogP contribution is -2.44. The van der Waals surface area contributed by atoms with Crippen LogP contribution in [-0.4, -0.2) is 49.0 Å². The molecule has 0 aromatic heterocycles. The van der Waals surface area contributed by atoms with Crippen molar-refractivity contribution < 1.29 is 19.5 Å². The molecule has 20 heavy (non-hydrogen) atoms. The Hall–Kier alpha value is -1.86. The number of benzene rings is 1. The maximum atomic E-state index is 11.3. The van der Waals surface area contributed by atoms with Gasteiger partial charge in [-0.05, 0) is 19.1 Å². The first kappa shape index (κ1) is 14.5. The molecule has 1 aromatic carbocycles. The van der Waals surface area contributed by atoms with E-state index in [1.54, 1.807) is 25.1 Å². The number of hydrogen-bond acceptors (Lipinski definition) is 6. The van der Waals surface area contributed by atoms with Crippen molar-refractivity contribution in [2.75, 3.05) is 37.8 Å². The maximum Gasteiger partial charge on any atom is 0.333 e. The molecular weight excluding hydrogens is 264 g/mol.